The number of fused-ring (bicyclic) bond motifs is 1. The van der Waals surface area contributed by atoms with Crippen molar-refractivity contribution in [3.05, 3.63) is 78.5 Å². The number of anilines is 1. The quantitative estimate of drug-likeness (QED) is 0.486. The average Bonchev–Trinajstić information content (AvgIpc) is 2.77. The van der Waals surface area contributed by atoms with E-state index in [1.54, 1.807) is 6.20 Å². The van der Waals surface area contributed by atoms with Crippen molar-refractivity contribution in [1.82, 2.24) is 9.97 Å². The molecule has 0 amide bonds. The smallest absolute Gasteiger partial charge is 0.135 e. The van der Waals surface area contributed by atoms with Gasteiger partial charge in [0.05, 0.1) is 30.8 Å². The Bertz CT molecular complexity index is 1080. The third kappa shape index (κ3) is 3.58. The van der Waals surface area contributed by atoms with E-state index in [0.29, 0.717) is 0 Å². The van der Waals surface area contributed by atoms with Gasteiger partial charge < -0.3 is 16.8 Å². The summed E-state index contributed by atoms with van der Waals surface area (Å²) in [6, 6.07) is 23.0. The molecule has 4 aromatic rings. The van der Waals surface area contributed by atoms with E-state index < -0.39 is 0 Å². The number of nitrogens with one attached hydrogen (secondary N) is 1. The van der Waals surface area contributed by atoms with Crippen LogP contribution in [0.15, 0.2) is 72.9 Å². The minimum absolute atomic E-state index is 0.779. The number of hydrogen-bond donors (Lipinski definition) is 3. The molecule has 0 aliphatic rings. The Balaban J connectivity index is 1.94. The summed E-state index contributed by atoms with van der Waals surface area (Å²) in [6.07, 6.45) is 1.80. The Morgan fingerprint density at radius 2 is 1.64 bits per heavy atom. The lowest BCUT2D eigenvalue weighted by atomic mass is 9.97. The Hall–Kier alpha value is -3.28. The largest absolute Gasteiger partial charge is 0.364 e. The van der Waals surface area contributed by atoms with Crippen LogP contribution in [0.4, 0.5) is 5.82 Å². The maximum atomic E-state index is 5.03. The lowest BCUT2D eigenvalue weighted by molar-refractivity contribution is -0.386. The van der Waals surface area contributed by atoms with Crippen LogP contribution in [0.1, 0.15) is 5.56 Å². The average molecular weight is 371 g/mol. The molecule has 2 aromatic heterocycles. The van der Waals surface area contributed by atoms with Gasteiger partial charge in [-0.15, -0.1) is 0 Å². The highest BCUT2D eigenvalue weighted by atomic mass is 15.0. The molecule has 0 unspecified atom stereocenters. The van der Waals surface area contributed by atoms with Crippen LogP contribution in [0, 0.1) is 0 Å². The predicted octanol–water partition coefficient (Wildman–Crippen LogP) is 2.36. The molecular formula is C23H25N5+2. The van der Waals surface area contributed by atoms with E-state index in [0.717, 1.165) is 58.7 Å². The molecule has 2 heterocycles. The molecule has 0 radical (unpaired) electrons. The second kappa shape index (κ2) is 8.17. The summed E-state index contributed by atoms with van der Waals surface area (Å²) < 4.78 is 0. The number of hydrogen-bond acceptors (Lipinski definition) is 3. The molecule has 0 aliphatic heterocycles. The standard InChI is InChI=1S/C23H23N5/c24-11-13-27-23-20-14-19(17-4-2-1-3-5-17)22(28-21(20)10-12-26-23)18-8-6-16(15-25)7-9-18/h1-10,12,14H,11,13,15,24-25H2,(H,26,27)/p+2. The van der Waals surface area contributed by atoms with Gasteiger partial charge >= 0.3 is 0 Å². The third-order valence-corrected chi connectivity index (χ3v) is 4.81. The fourth-order valence-electron chi connectivity index (χ4n) is 3.33. The van der Waals surface area contributed by atoms with E-state index in [4.69, 9.17) is 4.98 Å². The molecule has 7 N–H and O–H groups in total. The molecule has 5 nitrogen and oxygen atoms in total. The highest BCUT2D eigenvalue weighted by Gasteiger charge is 2.14. The molecule has 0 aliphatic carbocycles. The van der Waals surface area contributed by atoms with E-state index >= 15 is 0 Å². The van der Waals surface area contributed by atoms with Crippen LogP contribution >= 0.6 is 0 Å². The molecule has 0 saturated carbocycles. The van der Waals surface area contributed by atoms with Gasteiger partial charge in [-0.25, -0.2) is 9.97 Å². The van der Waals surface area contributed by atoms with Crippen LogP contribution in [0.5, 0.6) is 0 Å². The minimum Gasteiger partial charge on any atom is -0.364 e. The van der Waals surface area contributed by atoms with Crippen molar-refractivity contribution in [2.45, 2.75) is 6.54 Å². The summed E-state index contributed by atoms with van der Waals surface area (Å²) in [4.78, 5) is 9.55. The first-order chi connectivity index (χ1) is 13.8. The molecule has 0 bridgehead atoms. The zero-order valence-electron chi connectivity index (χ0n) is 15.9. The maximum absolute atomic E-state index is 5.03. The van der Waals surface area contributed by atoms with E-state index in [1.165, 1.54) is 5.56 Å². The summed E-state index contributed by atoms with van der Waals surface area (Å²) >= 11 is 0. The highest BCUT2D eigenvalue weighted by molar-refractivity contribution is 5.96. The lowest BCUT2D eigenvalue weighted by Gasteiger charge is -2.14. The molecular weight excluding hydrogens is 346 g/mol. The van der Waals surface area contributed by atoms with E-state index in [1.807, 2.05) is 12.1 Å². The molecule has 28 heavy (non-hydrogen) atoms. The van der Waals surface area contributed by atoms with Gasteiger partial charge in [0.1, 0.15) is 5.82 Å². The summed E-state index contributed by atoms with van der Waals surface area (Å²) in [6.45, 7) is 2.36. The van der Waals surface area contributed by atoms with Gasteiger partial charge in [0.25, 0.3) is 0 Å². The fraction of sp³-hybridized carbons (Fsp3) is 0.130. The van der Waals surface area contributed by atoms with Crippen LogP contribution in [-0.2, 0) is 6.54 Å². The topological polar surface area (TPSA) is 93.1 Å². The summed E-state index contributed by atoms with van der Waals surface area (Å²) in [5.41, 5.74) is 14.3. The molecule has 0 spiro atoms. The van der Waals surface area contributed by atoms with Crippen molar-refractivity contribution in [1.29, 1.82) is 0 Å². The normalized spacial score (nSPS) is 10.9. The Kier molecular flexibility index (Phi) is 5.28. The van der Waals surface area contributed by atoms with Gasteiger partial charge in [0, 0.05) is 28.3 Å². The number of aromatic nitrogens is 2. The van der Waals surface area contributed by atoms with Gasteiger partial charge in [0.2, 0.25) is 0 Å². The van der Waals surface area contributed by atoms with Crippen molar-refractivity contribution >= 4 is 16.7 Å². The van der Waals surface area contributed by atoms with Crippen LogP contribution < -0.4 is 16.8 Å². The number of rotatable bonds is 6. The second-order valence-electron chi connectivity index (χ2n) is 6.70. The molecule has 140 valence electrons. The number of nitrogens with zero attached hydrogens (tertiary/aromatic N) is 2. The van der Waals surface area contributed by atoms with Gasteiger partial charge in [-0.3, -0.25) is 0 Å². The van der Waals surface area contributed by atoms with Crippen LogP contribution in [0.2, 0.25) is 0 Å². The minimum atomic E-state index is 0.779. The lowest BCUT2D eigenvalue weighted by Crippen LogP contribution is -2.53. The van der Waals surface area contributed by atoms with Gasteiger partial charge in [0.15, 0.2) is 0 Å². The molecule has 4 rings (SSSR count). The molecule has 0 atom stereocenters. The fourth-order valence-corrected chi connectivity index (χ4v) is 3.33. The van der Waals surface area contributed by atoms with E-state index in [-0.39, 0.29) is 0 Å². The first-order valence-corrected chi connectivity index (χ1v) is 9.57. The summed E-state index contributed by atoms with van der Waals surface area (Å²) in [5, 5.41) is 4.39. The zero-order valence-corrected chi connectivity index (χ0v) is 15.9. The number of pyridine rings is 2. The first kappa shape index (κ1) is 18.1. The van der Waals surface area contributed by atoms with Gasteiger partial charge in [-0.05, 0) is 17.7 Å². The summed E-state index contributed by atoms with van der Waals surface area (Å²) in [5.74, 6) is 0.852. The molecule has 2 aromatic carbocycles. The van der Waals surface area contributed by atoms with Crippen molar-refractivity contribution in [3.63, 3.8) is 0 Å². The van der Waals surface area contributed by atoms with Crippen molar-refractivity contribution in [2.24, 2.45) is 0 Å². The number of benzene rings is 2. The maximum Gasteiger partial charge on any atom is 0.135 e. The van der Waals surface area contributed by atoms with Crippen molar-refractivity contribution < 1.29 is 11.5 Å². The monoisotopic (exact) mass is 371 g/mol. The zero-order chi connectivity index (χ0) is 19.3. The Morgan fingerprint density at radius 1 is 0.857 bits per heavy atom. The molecule has 5 heteroatoms. The first-order valence-electron chi connectivity index (χ1n) is 9.57. The molecule has 0 fully saturated rings. The Labute approximate surface area is 164 Å². The Morgan fingerprint density at radius 3 is 2.36 bits per heavy atom. The van der Waals surface area contributed by atoms with Gasteiger partial charge in [-0.1, -0.05) is 54.6 Å². The second-order valence-corrected chi connectivity index (χ2v) is 6.70. The van der Waals surface area contributed by atoms with Crippen molar-refractivity contribution in [3.8, 4) is 22.4 Å². The predicted molar refractivity (Wildman–Crippen MR) is 113 cm³/mol. The molecule has 0 saturated heterocycles. The van der Waals surface area contributed by atoms with Crippen LogP contribution in [0.3, 0.4) is 0 Å². The van der Waals surface area contributed by atoms with E-state index in [9.17, 15) is 0 Å². The number of quaternary nitrogens is 2. The third-order valence-electron chi connectivity index (χ3n) is 4.81. The van der Waals surface area contributed by atoms with E-state index in [2.05, 4.69) is 76.4 Å². The van der Waals surface area contributed by atoms with Crippen molar-refractivity contribution in [2.75, 3.05) is 18.4 Å². The van der Waals surface area contributed by atoms with Gasteiger partial charge in [-0.2, -0.15) is 0 Å². The van der Waals surface area contributed by atoms with Crippen LogP contribution in [0.25, 0.3) is 33.3 Å². The summed E-state index contributed by atoms with van der Waals surface area (Å²) in [7, 11) is 0. The highest BCUT2D eigenvalue weighted by Crippen LogP contribution is 2.35. The van der Waals surface area contributed by atoms with Crippen LogP contribution in [-0.4, -0.2) is 23.1 Å². The SMILES string of the molecule is [NH3+]CCNc1nccc2nc(-c3ccc(C[NH3+])cc3)c(-c3ccccc3)cc12.